The average Bonchev–Trinajstić information content (AvgIpc) is 3.26. The second kappa shape index (κ2) is 8.16. The smallest absolute Gasteiger partial charge is 0.243 e. The molecule has 134 valence electrons. The van der Waals surface area contributed by atoms with Crippen LogP contribution in [0.5, 0.6) is 0 Å². The van der Waals surface area contributed by atoms with Gasteiger partial charge in [-0.1, -0.05) is 17.7 Å². The molecule has 2 N–H and O–H groups in total. The molecule has 0 radical (unpaired) electrons. The number of oxazole rings is 1. The van der Waals surface area contributed by atoms with Crippen LogP contribution < -0.4 is 10.6 Å². The Bertz CT molecular complexity index is 904. The highest BCUT2D eigenvalue weighted by Crippen LogP contribution is 2.26. The maximum atomic E-state index is 12.1. The third-order valence-electron chi connectivity index (χ3n) is 3.53. The average molecular weight is 390 g/mol. The third kappa shape index (κ3) is 4.71. The molecule has 26 heavy (non-hydrogen) atoms. The number of halogens is 1. The van der Waals surface area contributed by atoms with Crippen molar-refractivity contribution < 1.29 is 14.0 Å². The van der Waals surface area contributed by atoms with E-state index in [0.29, 0.717) is 28.1 Å². The highest BCUT2D eigenvalue weighted by atomic mass is 35.5. The molecule has 1 aromatic carbocycles. The fourth-order valence-corrected chi connectivity index (χ4v) is 3.00. The lowest BCUT2D eigenvalue weighted by Crippen LogP contribution is -2.33. The predicted octanol–water partition coefficient (Wildman–Crippen LogP) is 3.66. The molecule has 0 saturated carbocycles. The number of carbonyl (C=O) groups excluding carboxylic acids is 2. The fourth-order valence-electron chi connectivity index (χ4n) is 2.23. The summed E-state index contributed by atoms with van der Waals surface area (Å²) in [6.45, 7) is 1.64. The highest BCUT2D eigenvalue weighted by molar-refractivity contribution is 7.13. The number of thiophene rings is 1. The molecule has 0 aliphatic heterocycles. The van der Waals surface area contributed by atoms with Crippen LogP contribution in [0.15, 0.2) is 46.2 Å². The summed E-state index contributed by atoms with van der Waals surface area (Å²) in [7, 11) is 0. The number of anilines is 1. The minimum absolute atomic E-state index is 0.0505. The number of hydrogen-bond acceptors (Lipinski definition) is 5. The molecular formula is C18H16ClN3O3S. The van der Waals surface area contributed by atoms with E-state index in [4.69, 9.17) is 16.0 Å². The lowest BCUT2D eigenvalue weighted by molar-refractivity contribution is -0.123. The van der Waals surface area contributed by atoms with Crippen LogP contribution in [0.2, 0.25) is 5.02 Å². The molecule has 0 fully saturated rings. The van der Waals surface area contributed by atoms with Gasteiger partial charge in [-0.2, -0.15) is 0 Å². The molecule has 3 aromatic rings. The van der Waals surface area contributed by atoms with Crippen LogP contribution in [0.1, 0.15) is 11.5 Å². The molecular weight excluding hydrogens is 374 g/mol. The number of amides is 2. The molecule has 2 heterocycles. The standard InChI is InChI=1S/C18H16ClN3O3S/c1-11-14(22-18(25-11)15-3-2-8-26-15)9-16(23)20-10-17(24)21-13-6-4-12(19)5-7-13/h2-8H,9-10H2,1H3,(H,20,23)(H,21,24). The summed E-state index contributed by atoms with van der Waals surface area (Å²) in [6, 6.07) is 10.5. The van der Waals surface area contributed by atoms with E-state index in [1.807, 2.05) is 17.5 Å². The van der Waals surface area contributed by atoms with E-state index in [1.54, 1.807) is 31.2 Å². The summed E-state index contributed by atoms with van der Waals surface area (Å²) in [4.78, 5) is 29.2. The van der Waals surface area contributed by atoms with Crippen LogP contribution in [0.25, 0.3) is 10.8 Å². The van der Waals surface area contributed by atoms with Gasteiger partial charge in [0.25, 0.3) is 0 Å². The van der Waals surface area contributed by atoms with Crippen molar-refractivity contribution in [1.29, 1.82) is 0 Å². The Labute approximate surface area is 159 Å². The zero-order chi connectivity index (χ0) is 18.5. The Hall–Kier alpha value is -2.64. The van der Waals surface area contributed by atoms with Gasteiger partial charge in [-0.15, -0.1) is 11.3 Å². The van der Waals surface area contributed by atoms with Crippen LogP contribution in [-0.2, 0) is 16.0 Å². The topological polar surface area (TPSA) is 84.2 Å². The summed E-state index contributed by atoms with van der Waals surface area (Å²) < 4.78 is 5.60. The second-order valence-electron chi connectivity index (χ2n) is 5.51. The Balaban J connectivity index is 1.51. The number of aromatic nitrogens is 1. The van der Waals surface area contributed by atoms with Crippen molar-refractivity contribution in [2.45, 2.75) is 13.3 Å². The van der Waals surface area contributed by atoms with Gasteiger partial charge in [-0.25, -0.2) is 4.98 Å². The first-order valence-electron chi connectivity index (χ1n) is 7.83. The summed E-state index contributed by atoms with van der Waals surface area (Å²) in [6.07, 6.45) is 0.0505. The molecule has 0 bridgehead atoms. The quantitative estimate of drug-likeness (QED) is 0.673. The van der Waals surface area contributed by atoms with Gasteiger partial charge in [-0.05, 0) is 42.6 Å². The lowest BCUT2D eigenvalue weighted by Gasteiger charge is -2.06. The van der Waals surface area contributed by atoms with Gasteiger partial charge in [0.05, 0.1) is 23.5 Å². The first-order chi connectivity index (χ1) is 12.5. The third-order valence-corrected chi connectivity index (χ3v) is 4.64. The zero-order valence-corrected chi connectivity index (χ0v) is 15.5. The van der Waals surface area contributed by atoms with Gasteiger partial charge >= 0.3 is 0 Å². The van der Waals surface area contributed by atoms with Crippen LogP contribution in [0.4, 0.5) is 5.69 Å². The number of benzene rings is 1. The van der Waals surface area contributed by atoms with Crippen LogP contribution in [0, 0.1) is 6.92 Å². The van der Waals surface area contributed by atoms with Crippen molar-refractivity contribution in [3.8, 4) is 10.8 Å². The van der Waals surface area contributed by atoms with Gasteiger partial charge in [0.2, 0.25) is 17.7 Å². The molecule has 2 aromatic heterocycles. The maximum Gasteiger partial charge on any atom is 0.243 e. The molecule has 0 aliphatic rings. The maximum absolute atomic E-state index is 12.1. The number of rotatable bonds is 6. The minimum atomic E-state index is -0.322. The number of nitrogens with zero attached hydrogens (tertiary/aromatic N) is 1. The molecule has 6 nitrogen and oxygen atoms in total. The monoisotopic (exact) mass is 389 g/mol. The Morgan fingerprint density at radius 2 is 1.96 bits per heavy atom. The second-order valence-corrected chi connectivity index (χ2v) is 6.89. The molecule has 8 heteroatoms. The molecule has 0 unspecified atom stereocenters. The summed E-state index contributed by atoms with van der Waals surface area (Å²) in [5.74, 6) is 0.470. The van der Waals surface area contributed by atoms with E-state index in [1.165, 1.54) is 11.3 Å². The molecule has 3 rings (SSSR count). The summed E-state index contributed by atoms with van der Waals surface area (Å²) in [5, 5.41) is 7.77. The van der Waals surface area contributed by atoms with Crippen molar-refractivity contribution >= 4 is 40.4 Å². The Morgan fingerprint density at radius 3 is 2.65 bits per heavy atom. The van der Waals surface area contributed by atoms with E-state index in [0.717, 1.165) is 4.88 Å². The van der Waals surface area contributed by atoms with Crippen molar-refractivity contribution in [3.05, 3.63) is 58.3 Å². The van der Waals surface area contributed by atoms with E-state index >= 15 is 0 Å². The van der Waals surface area contributed by atoms with Crippen molar-refractivity contribution in [2.75, 3.05) is 11.9 Å². The van der Waals surface area contributed by atoms with E-state index < -0.39 is 0 Å². The molecule has 2 amide bonds. The fraction of sp³-hybridized carbons (Fsp3) is 0.167. The number of carbonyl (C=O) groups is 2. The van der Waals surface area contributed by atoms with Crippen LogP contribution in [-0.4, -0.2) is 23.3 Å². The van der Waals surface area contributed by atoms with Crippen LogP contribution >= 0.6 is 22.9 Å². The van der Waals surface area contributed by atoms with Crippen molar-refractivity contribution in [2.24, 2.45) is 0 Å². The molecule has 0 spiro atoms. The van der Waals surface area contributed by atoms with Crippen molar-refractivity contribution in [3.63, 3.8) is 0 Å². The number of nitrogens with one attached hydrogen (secondary N) is 2. The van der Waals surface area contributed by atoms with Crippen LogP contribution in [0.3, 0.4) is 0 Å². The number of hydrogen-bond donors (Lipinski definition) is 2. The summed E-state index contributed by atoms with van der Waals surface area (Å²) in [5.41, 5.74) is 1.17. The van der Waals surface area contributed by atoms with Gasteiger partial charge in [-0.3, -0.25) is 9.59 Å². The molecule has 0 aliphatic carbocycles. The van der Waals surface area contributed by atoms with Gasteiger partial charge in [0.1, 0.15) is 5.76 Å². The molecule has 0 atom stereocenters. The normalized spacial score (nSPS) is 10.5. The highest BCUT2D eigenvalue weighted by Gasteiger charge is 2.15. The largest absolute Gasteiger partial charge is 0.440 e. The number of aryl methyl sites for hydroxylation is 1. The van der Waals surface area contributed by atoms with Crippen molar-refractivity contribution in [1.82, 2.24) is 10.3 Å². The molecule has 0 saturated heterocycles. The Kier molecular flexibility index (Phi) is 5.70. The van der Waals surface area contributed by atoms with E-state index in [2.05, 4.69) is 15.6 Å². The lowest BCUT2D eigenvalue weighted by atomic mass is 10.2. The first-order valence-corrected chi connectivity index (χ1v) is 9.09. The van der Waals surface area contributed by atoms with E-state index in [-0.39, 0.29) is 24.8 Å². The SMILES string of the molecule is Cc1oc(-c2cccs2)nc1CC(=O)NCC(=O)Nc1ccc(Cl)cc1. The zero-order valence-electron chi connectivity index (χ0n) is 13.9. The van der Waals surface area contributed by atoms with Gasteiger partial charge < -0.3 is 15.1 Å². The predicted molar refractivity (Wildman–Crippen MR) is 101 cm³/mol. The Morgan fingerprint density at radius 1 is 1.19 bits per heavy atom. The van der Waals surface area contributed by atoms with E-state index in [9.17, 15) is 9.59 Å². The minimum Gasteiger partial charge on any atom is -0.440 e. The summed E-state index contributed by atoms with van der Waals surface area (Å²) >= 11 is 7.31. The van der Waals surface area contributed by atoms with Gasteiger partial charge in [0.15, 0.2) is 0 Å². The first kappa shape index (κ1) is 18.2. The van der Waals surface area contributed by atoms with Gasteiger partial charge in [0, 0.05) is 10.7 Å².